The largest absolute Gasteiger partial charge is 0.383 e. The first-order valence-corrected chi connectivity index (χ1v) is 6.65. The molecule has 1 aliphatic heterocycles. The van der Waals surface area contributed by atoms with Crippen LogP contribution in [0.15, 0.2) is 24.3 Å². The molecular formula is C14H14FN3O5. The second-order valence-electron chi connectivity index (χ2n) is 4.68. The molecule has 0 spiro atoms. The molecule has 5 amide bonds. The van der Waals surface area contributed by atoms with Crippen molar-refractivity contribution in [3.8, 4) is 0 Å². The van der Waals surface area contributed by atoms with Gasteiger partial charge in [-0.05, 0) is 24.3 Å². The van der Waals surface area contributed by atoms with Crippen molar-refractivity contribution < 1.29 is 28.3 Å². The molecule has 1 aromatic rings. The second-order valence-corrected chi connectivity index (χ2v) is 4.68. The second kappa shape index (κ2) is 6.97. The molecule has 122 valence electrons. The highest BCUT2D eigenvalue weighted by molar-refractivity contribution is 6.45. The lowest BCUT2D eigenvalue weighted by atomic mass is 10.3. The van der Waals surface area contributed by atoms with Crippen LogP contribution in [0.4, 0.5) is 14.9 Å². The predicted molar refractivity (Wildman–Crippen MR) is 75.7 cm³/mol. The van der Waals surface area contributed by atoms with Crippen molar-refractivity contribution in [1.82, 2.24) is 9.80 Å². The lowest BCUT2D eigenvalue weighted by Crippen LogP contribution is -2.39. The molecule has 0 unspecified atom stereocenters. The van der Waals surface area contributed by atoms with Crippen LogP contribution in [0.3, 0.4) is 0 Å². The number of nitrogens with zero attached hydrogens (tertiary/aromatic N) is 2. The maximum absolute atomic E-state index is 12.8. The van der Waals surface area contributed by atoms with Gasteiger partial charge in [-0.25, -0.2) is 14.1 Å². The van der Waals surface area contributed by atoms with Gasteiger partial charge in [0, 0.05) is 12.8 Å². The van der Waals surface area contributed by atoms with Crippen molar-refractivity contribution in [3.05, 3.63) is 30.1 Å². The highest BCUT2D eigenvalue weighted by Crippen LogP contribution is 2.13. The third kappa shape index (κ3) is 3.69. The fourth-order valence-corrected chi connectivity index (χ4v) is 1.95. The van der Waals surface area contributed by atoms with Crippen molar-refractivity contribution in [2.45, 2.75) is 0 Å². The maximum atomic E-state index is 12.8. The first-order chi connectivity index (χ1) is 10.9. The van der Waals surface area contributed by atoms with E-state index in [1.54, 1.807) is 0 Å². The van der Waals surface area contributed by atoms with E-state index in [9.17, 15) is 23.6 Å². The molecular weight excluding hydrogens is 309 g/mol. The molecule has 23 heavy (non-hydrogen) atoms. The number of urea groups is 1. The van der Waals surface area contributed by atoms with Gasteiger partial charge in [0.2, 0.25) is 5.91 Å². The zero-order valence-electron chi connectivity index (χ0n) is 12.2. The van der Waals surface area contributed by atoms with Crippen LogP contribution >= 0.6 is 0 Å². The minimum absolute atomic E-state index is 0.0734. The monoisotopic (exact) mass is 323 g/mol. The van der Waals surface area contributed by atoms with Crippen LogP contribution in [0, 0.1) is 5.82 Å². The molecule has 1 aromatic carbocycles. The number of nitrogens with one attached hydrogen (secondary N) is 1. The highest BCUT2D eigenvalue weighted by atomic mass is 19.1. The van der Waals surface area contributed by atoms with Gasteiger partial charge in [-0.1, -0.05) is 0 Å². The quantitative estimate of drug-likeness (QED) is 0.596. The molecule has 0 bridgehead atoms. The number of carbonyl (C=O) groups excluding carboxylic acids is 4. The summed E-state index contributed by atoms with van der Waals surface area (Å²) in [7, 11) is 1.39. The van der Waals surface area contributed by atoms with Gasteiger partial charge in [0.05, 0.1) is 13.2 Å². The molecule has 2 rings (SSSR count). The molecule has 0 aromatic heterocycles. The van der Waals surface area contributed by atoms with Crippen LogP contribution < -0.4 is 5.32 Å². The highest BCUT2D eigenvalue weighted by Gasteiger charge is 2.44. The Hall–Kier alpha value is -2.81. The molecule has 1 heterocycles. The number of imide groups is 2. The molecule has 1 N–H and O–H groups in total. The first-order valence-electron chi connectivity index (χ1n) is 6.65. The van der Waals surface area contributed by atoms with Gasteiger partial charge < -0.3 is 10.1 Å². The Bertz CT molecular complexity index is 646. The summed E-state index contributed by atoms with van der Waals surface area (Å²) < 4.78 is 17.5. The van der Waals surface area contributed by atoms with E-state index < -0.39 is 36.1 Å². The van der Waals surface area contributed by atoms with E-state index in [2.05, 4.69) is 5.32 Å². The van der Waals surface area contributed by atoms with Crippen LogP contribution in [0.5, 0.6) is 0 Å². The number of benzene rings is 1. The van der Waals surface area contributed by atoms with E-state index in [0.29, 0.717) is 10.6 Å². The zero-order valence-corrected chi connectivity index (χ0v) is 12.2. The number of amides is 5. The number of methoxy groups -OCH3 is 1. The SMILES string of the molecule is COCCN1C(=O)C(=O)N(CC(=O)Nc2ccc(F)cc2)C1=O. The predicted octanol–water partition coefficient (Wildman–Crippen LogP) is 0.201. The number of carbonyl (C=O) groups is 4. The molecule has 0 radical (unpaired) electrons. The summed E-state index contributed by atoms with van der Waals surface area (Å²) in [6.07, 6.45) is 0. The maximum Gasteiger partial charge on any atom is 0.334 e. The Morgan fingerprint density at radius 1 is 1.13 bits per heavy atom. The summed E-state index contributed by atoms with van der Waals surface area (Å²) in [4.78, 5) is 48.6. The molecule has 8 nitrogen and oxygen atoms in total. The fourth-order valence-electron chi connectivity index (χ4n) is 1.95. The summed E-state index contributed by atoms with van der Waals surface area (Å²) in [6, 6.07) is 4.09. The molecule has 1 fully saturated rings. The van der Waals surface area contributed by atoms with Gasteiger partial charge >= 0.3 is 17.8 Å². The van der Waals surface area contributed by atoms with Crippen molar-refractivity contribution in [3.63, 3.8) is 0 Å². The molecule has 0 aliphatic carbocycles. The average Bonchev–Trinajstić information content (AvgIpc) is 2.72. The van der Waals surface area contributed by atoms with Gasteiger partial charge in [0.1, 0.15) is 12.4 Å². The number of hydrogen-bond acceptors (Lipinski definition) is 5. The number of rotatable bonds is 6. The Morgan fingerprint density at radius 2 is 1.74 bits per heavy atom. The summed E-state index contributed by atoms with van der Waals surface area (Å²) in [5, 5.41) is 2.40. The Labute approximate surface area is 130 Å². The Kier molecular flexibility index (Phi) is 5.02. The van der Waals surface area contributed by atoms with Crippen molar-refractivity contribution in [2.24, 2.45) is 0 Å². The van der Waals surface area contributed by atoms with Crippen molar-refractivity contribution in [2.75, 3.05) is 32.1 Å². The minimum atomic E-state index is -1.07. The normalized spacial score (nSPS) is 14.6. The minimum Gasteiger partial charge on any atom is -0.383 e. The van der Waals surface area contributed by atoms with Crippen LogP contribution in [-0.4, -0.2) is 60.4 Å². The smallest absolute Gasteiger partial charge is 0.334 e. The van der Waals surface area contributed by atoms with E-state index in [4.69, 9.17) is 4.74 Å². The lowest BCUT2D eigenvalue weighted by Gasteiger charge is -2.15. The van der Waals surface area contributed by atoms with Gasteiger partial charge in [-0.15, -0.1) is 0 Å². The van der Waals surface area contributed by atoms with E-state index >= 15 is 0 Å². The van der Waals surface area contributed by atoms with E-state index in [-0.39, 0.29) is 13.2 Å². The molecule has 0 atom stereocenters. The number of hydrogen-bond donors (Lipinski definition) is 1. The third-order valence-electron chi connectivity index (χ3n) is 3.08. The van der Waals surface area contributed by atoms with Gasteiger partial charge in [0.15, 0.2) is 0 Å². The van der Waals surface area contributed by atoms with E-state index in [1.807, 2.05) is 0 Å². The Morgan fingerprint density at radius 3 is 2.35 bits per heavy atom. The summed E-state index contributed by atoms with van der Waals surface area (Å²) in [6.45, 7) is -0.597. The summed E-state index contributed by atoms with van der Waals surface area (Å²) >= 11 is 0. The van der Waals surface area contributed by atoms with Gasteiger partial charge in [-0.2, -0.15) is 0 Å². The summed E-state index contributed by atoms with van der Waals surface area (Å²) in [5.41, 5.74) is 0.304. The number of ether oxygens (including phenoxy) is 1. The van der Waals surface area contributed by atoms with Crippen LogP contribution in [0.25, 0.3) is 0 Å². The fraction of sp³-hybridized carbons (Fsp3) is 0.286. The molecule has 1 saturated heterocycles. The first kappa shape index (κ1) is 16.6. The van der Waals surface area contributed by atoms with Crippen LogP contribution in [0.1, 0.15) is 0 Å². The van der Waals surface area contributed by atoms with Gasteiger partial charge in [0.25, 0.3) is 0 Å². The van der Waals surface area contributed by atoms with Gasteiger partial charge in [-0.3, -0.25) is 19.3 Å². The standard InChI is InChI=1S/C14H14FN3O5/c1-23-7-6-17-12(20)13(21)18(14(17)22)8-11(19)16-10-4-2-9(15)3-5-10/h2-5H,6-8H2,1H3,(H,16,19). The number of anilines is 1. The third-order valence-corrected chi connectivity index (χ3v) is 3.08. The van der Waals surface area contributed by atoms with Crippen LogP contribution in [-0.2, 0) is 19.1 Å². The zero-order chi connectivity index (χ0) is 17.0. The number of halogens is 1. The molecule has 0 saturated carbocycles. The van der Waals surface area contributed by atoms with E-state index in [0.717, 1.165) is 17.0 Å². The average molecular weight is 323 g/mol. The molecule has 9 heteroatoms. The summed E-state index contributed by atoms with van der Waals surface area (Å²) in [5.74, 6) is -3.21. The lowest BCUT2D eigenvalue weighted by molar-refractivity contribution is -0.143. The van der Waals surface area contributed by atoms with Crippen LogP contribution in [0.2, 0.25) is 0 Å². The topological polar surface area (TPSA) is 96.0 Å². The molecule has 1 aliphatic rings. The van der Waals surface area contributed by atoms with E-state index in [1.165, 1.54) is 19.2 Å². The van der Waals surface area contributed by atoms with Crippen molar-refractivity contribution in [1.29, 1.82) is 0 Å². The van der Waals surface area contributed by atoms with Crippen molar-refractivity contribution >= 4 is 29.4 Å². The Balaban J connectivity index is 2.00.